The lowest BCUT2D eigenvalue weighted by molar-refractivity contribution is -0.137. The highest BCUT2D eigenvalue weighted by Gasteiger charge is 2.32. The Morgan fingerprint density at radius 3 is 2.44 bits per heavy atom. The second-order valence-electron chi connectivity index (χ2n) is 5.54. The van der Waals surface area contributed by atoms with Crippen molar-refractivity contribution in [3.63, 3.8) is 0 Å². The smallest absolute Gasteiger partial charge is 0.342 e. The van der Waals surface area contributed by atoms with Crippen molar-refractivity contribution >= 4 is 17.8 Å². The van der Waals surface area contributed by atoms with Gasteiger partial charge in [0.2, 0.25) is 5.91 Å². The summed E-state index contributed by atoms with van der Waals surface area (Å²) in [6, 6.07) is 0. The largest absolute Gasteiger partial charge is 0.477 e. The molecule has 1 aliphatic rings. The van der Waals surface area contributed by atoms with E-state index in [9.17, 15) is 14.4 Å². The summed E-state index contributed by atoms with van der Waals surface area (Å²) in [4.78, 5) is 35.6. The molecule has 0 radical (unpaired) electrons. The minimum Gasteiger partial charge on any atom is -0.477 e. The molecule has 6 nitrogen and oxygen atoms in total. The molecule has 0 aliphatic carbocycles. The van der Waals surface area contributed by atoms with E-state index in [1.807, 2.05) is 20.8 Å². The van der Waals surface area contributed by atoms with E-state index in [1.165, 1.54) is 4.90 Å². The molecule has 1 heterocycles. The second kappa shape index (κ2) is 4.80. The molecular formula is C12H18N2O4. The van der Waals surface area contributed by atoms with Crippen LogP contribution >= 0.6 is 0 Å². The Hall–Kier alpha value is -1.85. The summed E-state index contributed by atoms with van der Waals surface area (Å²) in [6.45, 7) is 7.38. The van der Waals surface area contributed by atoms with Crippen LogP contribution < -0.4 is 5.32 Å². The van der Waals surface area contributed by atoms with E-state index in [4.69, 9.17) is 5.11 Å². The quantitative estimate of drug-likeness (QED) is 0.710. The van der Waals surface area contributed by atoms with Crippen molar-refractivity contribution in [3.8, 4) is 0 Å². The number of carboxylic acids is 1. The first-order chi connectivity index (χ1) is 8.11. The van der Waals surface area contributed by atoms with Crippen LogP contribution in [0.2, 0.25) is 0 Å². The maximum Gasteiger partial charge on any atom is 0.342 e. The van der Waals surface area contributed by atoms with E-state index in [-0.39, 0.29) is 17.7 Å². The number of rotatable bonds is 2. The molecule has 0 aromatic carbocycles. The fourth-order valence-corrected chi connectivity index (χ4v) is 1.63. The van der Waals surface area contributed by atoms with Crippen LogP contribution in [0.3, 0.4) is 0 Å². The SMILES string of the molecule is CC1NC(=O)C(C(=O)O)=CN1C(=O)CC(C)(C)C. The molecule has 1 rings (SSSR count). The lowest BCUT2D eigenvalue weighted by atomic mass is 9.91. The Balaban J connectivity index is 2.97. The number of carboxylic acid groups (broad SMARTS) is 1. The van der Waals surface area contributed by atoms with Gasteiger partial charge < -0.3 is 10.4 Å². The van der Waals surface area contributed by atoms with Crippen molar-refractivity contribution < 1.29 is 19.5 Å². The van der Waals surface area contributed by atoms with Crippen LogP contribution in [0.1, 0.15) is 34.1 Å². The van der Waals surface area contributed by atoms with Crippen LogP contribution in [-0.2, 0) is 14.4 Å². The van der Waals surface area contributed by atoms with Crippen molar-refractivity contribution in [2.24, 2.45) is 5.41 Å². The maximum atomic E-state index is 12.0. The van der Waals surface area contributed by atoms with Gasteiger partial charge in [0.05, 0.1) is 0 Å². The number of carbonyl (C=O) groups excluding carboxylic acids is 2. The van der Waals surface area contributed by atoms with Crippen LogP contribution in [0.25, 0.3) is 0 Å². The highest BCUT2D eigenvalue weighted by atomic mass is 16.4. The number of hydrogen-bond acceptors (Lipinski definition) is 3. The van der Waals surface area contributed by atoms with Crippen LogP contribution in [-0.4, -0.2) is 34.0 Å². The van der Waals surface area contributed by atoms with Gasteiger partial charge in [-0.3, -0.25) is 14.5 Å². The zero-order chi connectivity index (χ0) is 14.1. The summed E-state index contributed by atoms with van der Waals surface area (Å²) >= 11 is 0. The molecule has 0 saturated carbocycles. The standard InChI is InChI=1S/C12H18N2O4/c1-7-13-10(16)8(11(17)18)6-14(7)9(15)5-12(2,3)4/h6-7H,5H2,1-4H3,(H,13,16)(H,17,18). The molecule has 0 fully saturated rings. The fraction of sp³-hybridized carbons (Fsp3) is 0.583. The molecule has 18 heavy (non-hydrogen) atoms. The van der Waals surface area contributed by atoms with Crippen LogP contribution in [0.4, 0.5) is 0 Å². The van der Waals surface area contributed by atoms with Gasteiger partial charge in [0.25, 0.3) is 5.91 Å². The lowest BCUT2D eigenvalue weighted by Gasteiger charge is -2.32. The minimum atomic E-state index is -1.34. The van der Waals surface area contributed by atoms with Gasteiger partial charge in [0.1, 0.15) is 11.7 Å². The van der Waals surface area contributed by atoms with E-state index >= 15 is 0 Å². The first-order valence-electron chi connectivity index (χ1n) is 5.69. The second-order valence-corrected chi connectivity index (χ2v) is 5.54. The lowest BCUT2D eigenvalue weighted by Crippen LogP contribution is -2.52. The minimum absolute atomic E-state index is 0.199. The summed E-state index contributed by atoms with van der Waals surface area (Å²) in [5.41, 5.74) is -0.620. The summed E-state index contributed by atoms with van der Waals surface area (Å²) in [5.74, 6) is -2.23. The molecule has 0 aromatic rings. The summed E-state index contributed by atoms with van der Waals surface area (Å²) < 4.78 is 0. The number of amides is 2. The topological polar surface area (TPSA) is 86.7 Å². The van der Waals surface area contributed by atoms with Crippen LogP contribution in [0.15, 0.2) is 11.8 Å². The van der Waals surface area contributed by atoms with E-state index in [0.717, 1.165) is 6.20 Å². The Labute approximate surface area is 106 Å². The molecule has 0 bridgehead atoms. The number of nitrogens with one attached hydrogen (secondary N) is 1. The third kappa shape index (κ3) is 3.32. The monoisotopic (exact) mass is 254 g/mol. The summed E-state index contributed by atoms with van der Waals surface area (Å²) in [5, 5.41) is 11.3. The van der Waals surface area contributed by atoms with E-state index in [2.05, 4.69) is 5.32 Å². The zero-order valence-electron chi connectivity index (χ0n) is 11.0. The van der Waals surface area contributed by atoms with E-state index in [0.29, 0.717) is 0 Å². The van der Waals surface area contributed by atoms with Gasteiger partial charge in [-0.05, 0) is 12.3 Å². The number of carbonyl (C=O) groups is 3. The molecule has 6 heteroatoms. The highest BCUT2D eigenvalue weighted by Crippen LogP contribution is 2.22. The Kier molecular flexibility index (Phi) is 3.79. The van der Waals surface area contributed by atoms with Gasteiger partial charge in [0, 0.05) is 12.6 Å². The molecule has 1 unspecified atom stereocenters. The third-order valence-corrected chi connectivity index (χ3v) is 2.47. The Morgan fingerprint density at radius 1 is 1.44 bits per heavy atom. The molecule has 1 atom stereocenters. The van der Waals surface area contributed by atoms with Crippen LogP contribution in [0, 0.1) is 5.41 Å². The molecule has 1 aliphatic heterocycles. The molecule has 0 aromatic heterocycles. The normalized spacial score (nSPS) is 20.2. The molecule has 100 valence electrons. The van der Waals surface area contributed by atoms with Crippen LogP contribution in [0.5, 0.6) is 0 Å². The number of hydrogen-bond donors (Lipinski definition) is 2. The molecular weight excluding hydrogens is 236 g/mol. The van der Waals surface area contributed by atoms with E-state index < -0.39 is 23.6 Å². The first kappa shape index (κ1) is 14.2. The third-order valence-electron chi connectivity index (χ3n) is 2.47. The highest BCUT2D eigenvalue weighted by molar-refractivity contribution is 6.16. The fourth-order valence-electron chi connectivity index (χ4n) is 1.63. The van der Waals surface area contributed by atoms with Gasteiger partial charge >= 0.3 is 5.97 Å². The molecule has 2 N–H and O–H groups in total. The average Bonchev–Trinajstić information content (AvgIpc) is 2.13. The first-order valence-corrected chi connectivity index (χ1v) is 5.69. The van der Waals surface area contributed by atoms with Crippen molar-refractivity contribution in [2.45, 2.75) is 40.3 Å². The molecule has 2 amide bonds. The maximum absolute atomic E-state index is 12.0. The van der Waals surface area contributed by atoms with Crippen molar-refractivity contribution in [1.29, 1.82) is 0 Å². The summed E-state index contributed by atoms with van der Waals surface area (Å²) in [6.07, 6.45) is 0.853. The predicted octanol–water partition coefficient (Wildman–Crippen LogP) is 0.695. The van der Waals surface area contributed by atoms with Gasteiger partial charge in [-0.2, -0.15) is 0 Å². The van der Waals surface area contributed by atoms with Gasteiger partial charge in [-0.1, -0.05) is 20.8 Å². The van der Waals surface area contributed by atoms with Crippen molar-refractivity contribution in [3.05, 3.63) is 11.8 Å². The molecule has 0 spiro atoms. The number of aliphatic carboxylic acids is 1. The van der Waals surface area contributed by atoms with Gasteiger partial charge in [0.15, 0.2) is 0 Å². The Bertz CT molecular complexity index is 420. The Morgan fingerprint density at radius 2 is 2.00 bits per heavy atom. The van der Waals surface area contributed by atoms with Gasteiger partial charge in [-0.25, -0.2) is 4.79 Å². The summed E-state index contributed by atoms with van der Waals surface area (Å²) in [7, 11) is 0. The van der Waals surface area contributed by atoms with E-state index in [1.54, 1.807) is 6.92 Å². The zero-order valence-corrected chi connectivity index (χ0v) is 11.0. The molecule has 0 saturated heterocycles. The van der Waals surface area contributed by atoms with Crippen molar-refractivity contribution in [1.82, 2.24) is 10.2 Å². The number of nitrogens with zero attached hydrogens (tertiary/aromatic N) is 1. The van der Waals surface area contributed by atoms with Gasteiger partial charge in [-0.15, -0.1) is 0 Å². The van der Waals surface area contributed by atoms with Crippen molar-refractivity contribution in [2.75, 3.05) is 0 Å². The predicted molar refractivity (Wildman–Crippen MR) is 64.2 cm³/mol. The average molecular weight is 254 g/mol.